The molecule has 2 aliphatic rings. The van der Waals surface area contributed by atoms with Crippen molar-refractivity contribution >= 4 is 39.1 Å². The van der Waals surface area contributed by atoms with Gasteiger partial charge in [0.25, 0.3) is 5.91 Å². The fraction of sp³-hybridized carbons (Fsp3) is 0.182. The normalized spacial score (nSPS) is 23.7. The summed E-state index contributed by atoms with van der Waals surface area (Å²) in [5.41, 5.74) is 2.31. The van der Waals surface area contributed by atoms with Crippen LogP contribution in [0.25, 0.3) is 0 Å². The van der Waals surface area contributed by atoms with Crippen molar-refractivity contribution in [2.24, 2.45) is 5.92 Å². The van der Waals surface area contributed by atoms with Gasteiger partial charge in [-0.25, -0.2) is 9.96 Å². The van der Waals surface area contributed by atoms with E-state index in [1.54, 1.807) is 41.7 Å². The summed E-state index contributed by atoms with van der Waals surface area (Å²) in [6, 6.07) is 17.8. The van der Waals surface area contributed by atoms with Crippen LogP contribution >= 0.6 is 15.9 Å². The number of furan rings is 1. The van der Waals surface area contributed by atoms with Crippen LogP contribution in [-0.2, 0) is 14.4 Å². The maximum atomic E-state index is 13.4. The summed E-state index contributed by atoms with van der Waals surface area (Å²) in [6.45, 7) is 1.96. The lowest BCUT2D eigenvalue weighted by Gasteiger charge is -2.28. The Balaban J connectivity index is 1.58. The minimum Gasteiger partial charge on any atom is -0.467 e. The first-order valence-corrected chi connectivity index (χ1v) is 10.0. The van der Waals surface area contributed by atoms with Crippen molar-refractivity contribution < 1.29 is 18.8 Å². The van der Waals surface area contributed by atoms with Crippen LogP contribution in [0.15, 0.2) is 75.8 Å². The molecule has 0 bridgehead atoms. The van der Waals surface area contributed by atoms with Crippen LogP contribution in [-0.4, -0.2) is 17.9 Å². The molecule has 2 saturated heterocycles. The minimum atomic E-state index is -0.902. The molecule has 0 aliphatic carbocycles. The van der Waals surface area contributed by atoms with Gasteiger partial charge in [-0.3, -0.25) is 14.4 Å². The zero-order valence-electron chi connectivity index (χ0n) is 15.5. The van der Waals surface area contributed by atoms with E-state index in [4.69, 9.17) is 9.25 Å². The number of anilines is 2. The number of rotatable bonds is 3. The number of hydroxylamine groups is 1. The fourth-order valence-electron chi connectivity index (χ4n) is 4.03. The Labute approximate surface area is 175 Å². The predicted octanol–water partition coefficient (Wildman–Crippen LogP) is 4.40. The molecule has 2 fully saturated rings. The highest BCUT2D eigenvalue weighted by Gasteiger charge is 2.61. The van der Waals surface area contributed by atoms with E-state index in [1.165, 1.54) is 4.90 Å². The second-order valence-electron chi connectivity index (χ2n) is 7.11. The molecule has 0 radical (unpaired) electrons. The van der Waals surface area contributed by atoms with Crippen LogP contribution in [0.2, 0.25) is 0 Å². The number of para-hydroxylation sites is 1. The minimum absolute atomic E-state index is 0.292. The van der Waals surface area contributed by atoms with Gasteiger partial charge in [0.15, 0.2) is 6.10 Å². The van der Waals surface area contributed by atoms with E-state index in [0.29, 0.717) is 11.4 Å². The molecular formula is C22H17BrN2O4. The van der Waals surface area contributed by atoms with Gasteiger partial charge in [-0.2, -0.15) is 0 Å². The van der Waals surface area contributed by atoms with Crippen molar-refractivity contribution in [3.05, 3.63) is 82.7 Å². The first kappa shape index (κ1) is 18.1. The summed E-state index contributed by atoms with van der Waals surface area (Å²) in [4.78, 5) is 33.9. The maximum Gasteiger partial charge on any atom is 0.266 e. The summed E-state index contributed by atoms with van der Waals surface area (Å²) >= 11 is 3.38. The quantitative estimate of drug-likeness (QED) is 0.551. The smallest absolute Gasteiger partial charge is 0.266 e. The molecule has 0 saturated carbocycles. The second kappa shape index (κ2) is 6.86. The van der Waals surface area contributed by atoms with Gasteiger partial charge in [0.05, 0.1) is 17.6 Å². The third-order valence-corrected chi connectivity index (χ3v) is 5.92. The predicted molar refractivity (Wildman–Crippen MR) is 110 cm³/mol. The van der Waals surface area contributed by atoms with Crippen LogP contribution in [0.4, 0.5) is 11.4 Å². The molecule has 2 amide bonds. The molecule has 0 N–H and O–H groups in total. The Morgan fingerprint density at radius 1 is 0.931 bits per heavy atom. The van der Waals surface area contributed by atoms with Crippen molar-refractivity contribution in [3.63, 3.8) is 0 Å². The number of nitrogens with zero attached hydrogens (tertiary/aromatic N) is 2. The number of carbonyl (C=O) groups excluding carboxylic acids is 2. The molecule has 0 spiro atoms. The molecule has 5 rings (SSSR count). The molecule has 7 heteroatoms. The van der Waals surface area contributed by atoms with Crippen molar-refractivity contribution in [3.8, 4) is 0 Å². The van der Waals surface area contributed by atoms with Gasteiger partial charge >= 0.3 is 0 Å². The number of halogens is 1. The van der Waals surface area contributed by atoms with Gasteiger partial charge in [0.2, 0.25) is 5.91 Å². The van der Waals surface area contributed by atoms with Crippen LogP contribution in [0, 0.1) is 12.8 Å². The third-order valence-electron chi connectivity index (χ3n) is 5.39. The highest BCUT2D eigenvalue weighted by atomic mass is 79.9. The van der Waals surface area contributed by atoms with Gasteiger partial charge in [-0.1, -0.05) is 34.1 Å². The molecule has 2 aromatic carbocycles. The van der Waals surface area contributed by atoms with Crippen molar-refractivity contribution in [1.82, 2.24) is 0 Å². The average Bonchev–Trinajstić information content (AvgIpc) is 3.41. The molecule has 6 nitrogen and oxygen atoms in total. The van der Waals surface area contributed by atoms with Gasteiger partial charge in [0, 0.05) is 4.47 Å². The van der Waals surface area contributed by atoms with Gasteiger partial charge < -0.3 is 4.42 Å². The summed E-state index contributed by atoms with van der Waals surface area (Å²) in [5.74, 6) is -0.772. The number of benzene rings is 2. The Kier molecular flexibility index (Phi) is 4.29. The number of carbonyl (C=O) groups is 2. The van der Waals surface area contributed by atoms with Crippen LogP contribution in [0.3, 0.4) is 0 Å². The first-order valence-electron chi connectivity index (χ1n) is 9.24. The largest absolute Gasteiger partial charge is 0.467 e. The lowest BCUT2D eigenvalue weighted by molar-refractivity contribution is -0.126. The standard InChI is InChI=1S/C22H17BrN2O4/c1-13-5-2-3-6-16(13)25-19(17-7-4-12-28-17)18-20(29-25)22(27)24(21(18)26)15-10-8-14(23)9-11-15/h2-12,18-20H,1H3. The van der Waals surface area contributed by atoms with E-state index in [2.05, 4.69) is 15.9 Å². The fourth-order valence-corrected chi connectivity index (χ4v) is 4.29. The Morgan fingerprint density at radius 3 is 2.38 bits per heavy atom. The average molecular weight is 453 g/mol. The maximum absolute atomic E-state index is 13.4. The summed E-state index contributed by atoms with van der Waals surface area (Å²) in [7, 11) is 0. The van der Waals surface area contributed by atoms with Crippen LogP contribution in [0.5, 0.6) is 0 Å². The molecule has 29 heavy (non-hydrogen) atoms. The zero-order chi connectivity index (χ0) is 20.1. The van der Waals surface area contributed by atoms with Crippen molar-refractivity contribution in [2.45, 2.75) is 19.1 Å². The van der Waals surface area contributed by atoms with E-state index < -0.39 is 18.1 Å². The van der Waals surface area contributed by atoms with Gasteiger partial charge in [0.1, 0.15) is 17.7 Å². The summed E-state index contributed by atoms with van der Waals surface area (Å²) < 4.78 is 6.52. The highest BCUT2D eigenvalue weighted by Crippen LogP contribution is 2.48. The summed E-state index contributed by atoms with van der Waals surface area (Å²) in [6.07, 6.45) is 0.660. The number of imide groups is 1. The molecule has 3 heterocycles. The molecule has 1 aromatic heterocycles. The topological polar surface area (TPSA) is 63.0 Å². The number of hydrogen-bond acceptors (Lipinski definition) is 5. The number of aryl methyl sites for hydroxylation is 1. The second-order valence-corrected chi connectivity index (χ2v) is 8.03. The van der Waals surface area contributed by atoms with E-state index in [-0.39, 0.29) is 11.8 Å². The Bertz CT molecular complexity index is 1080. The summed E-state index contributed by atoms with van der Waals surface area (Å²) in [5, 5.41) is 1.65. The molecule has 3 unspecified atom stereocenters. The Morgan fingerprint density at radius 2 is 1.69 bits per heavy atom. The highest BCUT2D eigenvalue weighted by molar-refractivity contribution is 9.10. The number of amides is 2. The van der Waals surface area contributed by atoms with Crippen LogP contribution in [0.1, 0.15) is 17.4 Å². The van der Waals surface area contributed by atoms with Gasteiger partial charge in [-0.15, -0.1) is 0 Å². The number of fused-ring (bicyclic) bond motifs is 1. The molecule has 146 valence electrons. The first-order chi connectivity index (χ1) is 14.1. The van der Waals surface area contributed by atoms with Gasteiger partial charge in [-0.05, 0) is 55.0 Å². The molecule has 2 aliphatic heterocycles. The van der Waals surface area contributed by atoms with E-state index >= 15 is 0 Å². The SMILES string of the molecule is Cc1ccccc1N1OC2C(=O)N(c3ccc(Br)cc3)C(=O)C2C1c1ccco1. The lowest BCUT2D eigenvalue weighted by atomic mass is 9.94. The molecule has 3 aromatic rings. The molecule has 3 atom stereocenters. The van der Waals surface area contributed by atoms with E-state index in [1.807, 2.05) is 37.3 Å². The van der Waals surface area contributed by atoms with Crippen molar-refractivity contribution in [1.29, 1.82) is 0 Å². The number of hydrogen-bond donors (Lipinski definition) is 0. The third kappa shape index (κ3) is 2.81. The monoisotopic (exact) mass is 452 g/mol. The lowest BCUT2D eigenvalue weighted by Crippen LogP contribution is -2.37. The van der Waals surface area contributed by atoms with E-state index in [0.717, 1.165) is 15.7 Å². The van der Waals surface area contributed by atoms with Crippen molar-refractivity contribution in [2.75, 3.05) is 9.96 Å². The Hall–Kier alpha value is -2.90. The molecular weight excluding hydrogens is 436 g/mol. The van der Waals surface area contributed by atoms with Crippen LogP contribution < -0.4 is 9.96 Å². The zero-order valence-corrected chi connectivity index (χ0v) is 17.1. The van der Waals surface area contributed by atoms with E-state index in [9.17, 15) is 9.59 Å².